The second-order valence-electron chi connectivity index (χ2n) is 4.05. The number of hydrogen-bond donors (Lipinski definition) is 3. The Labute approximate surface area is 111 Å². The van der Waals surface area contributed by atoms with E-state index >= 15 is 0 Å². The van der Waals surface area contributed by atoms with Crippen molar-refractivity contribution in [3.63, 3.8) is 0 Å². The highest BCUT2D eigenvalue weighted by atomic mass is 16.2. The molecule has 1 unspecified atom stereocenters. The van der Waals surface area contributed by atoms with E-state index in [2.05, 4.69) is 21.2 Å². The average molecular weight is 254 g/mol. The molecule has 0 spiro atoms. The molecule has 0 saturated carbocycles. The van der Waals surface area contributed by atoms with E-state index in [1.807, 2.05) is 12.1 Å². The van der Waals surface area contributed by atoms with E-state index in [1.54, 1.807) is 24.7 Å². The Bertz CT molecular complexity index is 581. The fraction of sp³-hybridized carbons (Fsp3) is 0.143. The molecule has 5 heteroatoms. The van der Waals surface area contributed by atoms with E-state index < -0.39 is 6.04 Å². The number of nitrogens with two attached hydrogens (primary N) is 1. The summed E-state index contributed by atoms with van der Waals surface area (Å²) < 4.78 is 0. The summed E-state index contributed by atoms with van der Waals surface area (Å²) in [5, 5.41) is 2.71. The molecule has 0 radical (unpaired) electrons. The second-order valence-corrected chi connectivity index (χ2v) is 4.05. The van der Waals surface area contributed by atoms with Gasteiger partial charge in [0.25, 0.3) is 0 Å². The van der Waals surface area contributed by atoms with Crippen LogP contribution in [0.1, 0.15) is 6.42 Å². The van der Waals surface area contributed by atoms with Crippen molar-refractivity contribution < 1.29 is 4.79 Å². The molecule has 0 fully saturated rings. The van der Waals surface area contributed by atoms with Crippen LogP contribution in [0.3, 0.4) is 0 Å². The summed E-state index contributed by atoms with van der Waals surface area (Å²) in [6.07, 6.45) is 8.68. The van der Waals surface area contributed by atoms with E-state index in [-0.39, 0.29) is 12.3 Å². The zero-order valence-corrected chi connectivity index (χ0v) is 10.3. The Morgan fingerprint density at radius 2 is 2.21 bits per heavy atom. The van der Waals surface area contributed by atoms with E-state index in [1.165, 1.54) is 0 Å². The molecule has 1 amide bonds. The van der Waals surface area contributed by atoms with Gasteiger partial charge in [-0.25, -0.2) is 4.98 Å². The van der Waals surface area contributed by atoms with Crippen LogP contribution in [0.25, 0.3) is 11.3 Å². The van der Waals surface area contributed by atoms with Crippen molar-refractivity contribution in [1.82, 2.24) is 9.97 Å². The Morgan fingerprint density at radius 1 is 1.47 bits per heavy atom. The number of aromatic amines is 1. The highest BCUT2D eigenvalue weighted by Gasteiger charge is 2.11. The van der Waals surface area contributed by atoms with Crippen molar-refractivity contribution >= 4 is 11.6 Å². The van der Waals surface area contributed by atoms with Gasteiger partial charge in [-0.2, -0.15) is 0 Å². The number of anilines is 1. The lowest BCUT2D eigenvalue weighted by atomic mass is 10.1. The SMILES string of the molecule is C#CCC(N)C(=O)Nc1ccc(-c2cnc[nH]2)cc1. The van der Waals surface area contributed by atoms with Crippen molar-refractivity contribution in [3.8, 4) is 23.6 Å². The van der Waals surface area contributed by atoms with Gasteiger partial charge in [-0.3, -0.25) is 4.79 Å². The first-order valence-corrected chi connectivity index (χ1v) is 5.79. The summed E-state index contributed by atoms with van der Waals surface area (Å²) >= 11 is 0. The van der Waals surface area contributed by atoms with Gasteiger partial charge < -0.3 is 16.0 Å². The number of imidazole rings is 1. The molecular formula is C14H14N4O. The largest absolute Gasteiger partial charge is 0.345 e. The number of aromatic nitrogens is 2. The first-order valence-electron chi connectivity index (χ1n) is 5.79. The maximum absolute atomic E-state index is 11.7. The Balaban J connectivity index is 2.03. The third-order valence-electron chi connectivity index (χ3n) is 2.64. The normalized spacial score (nSPS) is 11.6. The highest BCUT2D eigenvalue weighted by molar-refractivity contribution is 5.95. The maximum atomic E-state index is 11.7. The molecule has 1 heterocycles. The standard InChI is InChI=1S/C14H14N4O/c1-2-3-12(15)14(19)18-11-6-4-10(5-7-11)13-8-16-9-17-13/h1,4-9,12H,3,15H2,(H,16,17)(H,18,19). The number of benzene rings is 1. The van der Waals surface area contributed by atoms with E-state index in [9.17, 15) is 4.79 Å². The molecule has 5 nitrogen and oxygen atoms in total. The average Bonchev–Trinajstić information content (AvgIpc) is 2.94. The summed E-state index contributed by atoms with van der Waals surface area (Å²) in [6.45, 7) is 0. The monoisotopic (exact) mass is 254 g/mol. The van der Waals surface area contributed by atoms with Crippen LogP contribution in [0.2, 0.25) is 0 Å². The Hall–Kier alpha value is -2.58. The maximum Gasteiger partial charge on any atom is 0.242 e. The number of nitrogens with zero attached hydrogens (tertiary/aromatic N) is 1. The van der Waals surface area contributed by atoms with Gasteiger partial charge in [-0.1, -0.05) is 12.1 Å². The second kappa shape index (κ2) is 5.85. The van der Waals surface area contributed by atoms with Crippen LogP contribution >= 0.6 is 0 Å². The molecule has 0 aliphatic carbocycles. The first kappa shape index (κ1) is 12.9. The van der Waals surface area contributed by atoms with Gasteiger partial charge in [0, 0.05) is 12.1 Å². The summed E-state index contributed by atoms with van der Waals surface area (Å²) in [6, 6.07) is 6.69. The van der Waals surface area contributed by atoms with Crippen LogP contribution in [0, 0.1) is 12.3 Å². The molecule has 0 aliphatic heterocycles. The lowest BCUT2D eigenvalue weighted by molar-refractivity contribution is -0.117. The summed E-state index contributed by atoms with van der Waals surface area (Å²) in [5.74, 6) is 2.08. The lowest BCUT2D eigenvalue weighted by Crippen LogP contribution is -2.35. The van der Waals surface area contributed by atoms with Crippen LogP contribution in [-0.2, 0) is 4.79 Å². The molecule has 96 valence electrons. The molecule has 19 heavy (non-hydrogen) atoms. The van der Waals surface area contributed by atoms with Gasteiger partial charge in [0.1, 0.15) is 0 Å². The number of hydrogen-bond acceptors (Lipinski definition) is 3. The van der Waals surface area contributed by atoms with Gasteiger partial charge in [0.05, 0.1) is 24.3 Å². The van der Waals surface area contributed by atoms with E-state index in [4.69, 9.17) is 12.2 Å². The zero-order valence-electron chi connectivity index (χ0n) is 10.3. The molecule has 0 bridgehead atoms. The highest BCUT2D eigenvalue weighted by Crippen LogP contribution is 2.18. The van der Waals surface area contributed by atoms with Gasteiger partial charge in [-0.15, -0.1) is 12.3 Å². The number of terminal acetylenes is 1. The van der Waals surface area contributed by atoms with E-state index in [0.717, 1.165) is 11.3 Å². The molecule has 4 N–H and O–H groups in total. The van der Waals surface area contributed by atoms with Gasteiger partial charge >= 0.3 is 0 Å². The van der Waals surface area contributed by atoms with Crippen LogP contribution < -0.4 is 11.1 Å². The smallest absolute Gasteiger partial charge is 0.242 e. The molecule has 1 atom stereocenters. The molecule has 0 aliphatic rings. The van der Waals surface area contributed by atoms with Crippen molar-refractivity contribution in [1.29, 1.82) is 0 Å². The zero-order chi connectivity index (χ0) is 13.7. The Kier molecular flexibility index (Phi) is 3.96. The molecule has 1 aromatic heterocycles. The number of amides is 1. The van der Waals surface area contributed by atoms with Crippen molar-refractivity contribution in [2.45, 2.75) is 12.5 Å². The number of nitrogens with one attached hydrogen (secondary N) is 2. The lowest BCUT2D eigenvalue weighted by Gasteiger charge is -2.09. The number of rotatable bonds is 4. The third kappa shape index (κ3) is 3.21. The van der Waals surface area contributed by atoms with Crippen molar-refractivity contribution in [3.05, 3.63) is 36.8 Å². The molecule has 2 aromatic rings. The summed E-state index contributed by atoms with van der Waals surface area (Å²) in [5.41, 5.74) is 8.20. The van der Waals surface area contributed by atoms with Gasteiger partial charge in [-0.05, 0) is 17.7 Å². The minimum absolute atomic E-state index is 0.220. The first-order chi connectivity index (χ1) is 9.20. The van der Waals surface area contributed by atoms with E-state index in [0.29, 0.717) is 5.69 Å². The van der Waals surface area contributed by atoms with Gasteiger partial charge in [0.2, 0.25) is 5.91 Å². The summed E-state index contributed by atoms with van der Waals surface area (Å²) in [7, 11) is 0. The van der Waals surface area contributed by atoms with Crippen LogP contribution in [0.5, 0.6) is 0 Å². The number of carbonyl (C=O) groups is 1. The fourth-order valence-corrected chi connectivity index (χ4v) is 1.60. The molecule has 0 saturated heterocycles. The van der Waals surface area contributed by atoms with Crippen LogP contribution in [0.4, 0.5) is 5.69 Å². The molecule has 1 aromatic carbocycles. The predicted octanol–water partition coefficient (Wildman–Crippen LogP) is 1.37. The molecule has 2 rings (SSSR count). The predicted molar refractivity (Wildman–Crippen MR) is 74.1 cm³/mol. The Morgan fingerprint density at radius 3 is 2.79 bits per heavy atom. The third-order valence-corrected chi connectivity index (χ3v) is 2.64. The van der Waals surface area contributed by atoms with Crippen LogP contribution in [0.15, 0.2) is 36.8 Å². The minimum Gasteiger partial charge on any atom is -0.345 e. The van der Waals surface area contributed by atoms with Crippen molar-refractivity contribution in [2.24, 2.45) is 5.73 Å². The number of carbonyl (C=O) groups excluding carboxylic acids is 1. The fourth-order valence-electron chi connectivity index (χ4n) is 1.60. The summed E-state index contributed by atoms with van der Waals surface area (Å²) in [4.78, 5) is 18.6. The number of H-pyrrole nitrogens is 1. The van der Waals surface area contributed by atoms with Crippen LogP contribution in [-0.4, -0.2) is 21.9 Å². The van der Waals surface area contributed by atoms with Crippen molar-refractivity contribution in [2.75, 3.05) is 5.32 Å². The topological polar surface area (TPSA) is 83.8 Å². The quantitative estimate of drug-likeness (QED) is 0.720. The van der Waals surface area contributed by atoms with Gasteiger partial charge in [0.15, 0.2) is 0 Å². The molecular weight excluding hydrogens is 240 g/mol. The minimum atomic E-state index is -0.683.